The topological polar surface area (TPSA) is 43.4 Å². The molecule has 1 aliphatic carbocycles. The van der Waals surface area contributed by atoms with Crippen molar-refractivity contribution in [3.8, 4) is 0 Å². The summed E-state index contributed by atoms with van der Waals surface area (Å²) in [5.74, 6) is 0. The monoisotopic (exact) mass is 288 g/mol. The van der Waals surface area contributed by atoms with Crippen LogP contribution in [0, 0.1) is 0 Å². The number of pyridine rings is 1. The van der Waals surface area contributed by atoms with Gasteiger partial charge in [-0.05, 0) is 52.7 Å². The summed E-state index contributed by atoms with van der Waals surface area (Å²) in [6.45, 7) is 8.28. The van der Waals surface area contributed by atoms with E-state index >= 15 is 0 Å². The summed E-state index contributed by atoms with van der Waals surface area (Å²) in [6, 6.07) is 4.59. The van der Waals surface area contributed by atoms with Crippen LogP contribution < -0.4 is 10.9 Å². The van der Waals surface area contributed by atoms with E-state index in [-0.39, 0.29) is 11.2 Å². The molecule has 0 bridgehead atoms. The lowest BCUT2D eigenvalue weighted by Crippen LogP contribution is -2.41. The molecule has 1 N–H and O–H groups in total. The van der Waals surface area contributed by atoms with Gasteiger partial charge in [0.15, 0.2) is 0 Å². The molecule has 1 aliphatic heterocycles. The van der Waals surface area contributed by atoms with Crippen LogP contribution in [0.2, 0.25) is 0 Å². The van der Waals surface area contributed by atoms with Crippen molar-refractivity contribution in [1.29, 1.82) is 0 Å². The van der Waals surface area contributed by atoms with E-state index in [4.69, 9.17) is 9.31 Å². The second kappa shape index (κ2) is 5.29. The summed E-state index contributed by atoms with van der Waals surface area (Å²) in [5, 5.41) is 3.62. The van der Waals surface area contributed by atoms with Gasteiger partial charge in [0.2, 0.25) is 0 Å². The molecule has 0 atom stereocenters. The molecule has 1 aromatic rings. The van der Waals surface area contributed by atoms with Gasteiger partial charge in [-0.3, -0.25) is 4.98 Å². The number of nitrogens with zero attached hydrogens (tertiary/aromatic N) is 1. The maximum atomic E-state index is 6.13. The molecular formula is C16H25BN2O2. The average Bonchev–Trinajstić information content (AvgIpc) is 2.97. The highest BCUT2D eigenvalue weighted by Gasteiger charge is 2.53. The third kappa shape index (κ3) is 2.81. The number of aromatic nitrogens is 1. The van der Waals surface area contributed by atoms with Gasteiger partial charge in [0, 0.05) is 12.2 Å². The van der Waals surface area contributed by atoms with Crippen LogP contribution >= 0.6 is 0 Å². The van der Waals surface area contributed by atoms with E-state index in [1.807, 2.05) is 6.07 Å². The summed E-state index contributed by atoms with van der Waals surface area (Å²) in [5.41, 5.74) is 1.24. The first-order valence-electron chi connectivity index (χ1n) is 7.96. The Hall–Kier alpha value is -1.07. The molecule has 2 aliphatic rings. The molecule has 1 saturated heterocycles. The Morgan fingerprint density at radius 3 is 2.38 bits per heavy atom. The van der Waals surface area contributed by atoms with Crippen LogP contribution in [0.3, 0.4) is 0 Å². The smallest absolute Gasteiger partial charge is 0.398 e. The Morgan fingerprint density at radius 1 is 1.14 bits per heavy atom. The summed E-state index contributed by atoms with van der Waals surface area (Å²) in [4.78, 5) is 4.52. The number of nitrogens with one attached hydrogen (secondary N) is 1. The highest BCUT2D eigenvalue weighted by molar-refractivity contribution is 6.62. The van der Waals surface area contributed by atoms with Crippen LogP contribution in [0.25, 0.3) is 0 Å². The Kier molecular flexibility index (Phi) is 3.74. The molecule has 4 nitrogen and oxygen atoms in total. The molecule has 2 fully saturated rings. The molecule has 114 valence electrons. The van der Waals surface area contributed by atoms with Gasteiger partial charge in [0.05, 0.1) is 22.5 Å². The highest BCUT2D eigenvalue weighted by Crippen LogP contribution is 2.36. The standard InChI is InChI=1S/C16H25BN2O2/c1-15(2)16(3,4)21-17(20-15)14-13(10-7-11-18-14)19-12-8-5-6-9-12/h7,10-12,19H,5-6,8-9H2,1-4H3. The zero-order valence-corrected chi connectivity index (χ0v) is 13.5. The van der Waals surface area contributed by atoms with Gasteiger partial charge in [-0.2, -0.15) is 0 Å². The van der Waals surface area contributed by atoms with Crippen molar-refractivity contribution in [3.05, 3.63) is 18.3 Å². The van der Waals surface area contributed by atoms with Gasteiger partial charge in [-0.25, -0.2) is 0 Å². The van der Waals surface area contributed by atoms with Crippen molar-refractivity contribution in [1.82, 2.24) is 4.98 Å². The first-order chi connectivity index (χ1) is 9.89. The molecule has 0 amide bonds. The van der Waals surface area contributed by atoms with Gasteiger partial charge >= 0.3 is 7.12 Å². The van der Waals surface area contributed by atoms with E-state index < -0.39 is 7.12 Å². The van der Waals surface area contributed by atoms with Gasteiger partial charge < -0.3 is 14.6 Å². The molecule has 21 heavy (non-hydrogen) atoms. The molecule has 5 heteroatoms. The zero-order chi connectivity index (χ0) is 15.1. The second-order valence-electron chi connectivity index (χ2n) is 7.15. The fourth-order valence-electron chi connectivity index (χ4n) is 2.97. The van der Waals surface area contributed by atoms with E-state index in [2.05, 4.69) is 44.1 Å². The van der Waals surface area contributed by atoms with Gasteiger partial charge in [-0.15, -0.1) is 0 Å². The maximum absolute atomic E-state index is 6.13. The van der Waals surface area contributed by atoms with Crippen LogP contribution in [-0.2, 0) is 9.31 Å². The maximum Gasteiger partial charge on any atom is 0.516 e. The summed E-state index contributed by atoms with van der Waals surface area (Å²) in [7, 11) is -0.403. The minimum Gasteiger partial charge on any atom is -0.398 e. The first-order valence-corrected chi connectivity index (χ1v) is 7.96. The Labute approximate surface area is 127 Å². The minimum absolute atomic E-state index is 0.334. The van der Waals surface area contributed by atoms with E-state index in [0.29, 0.717) is 6.04 Å². The molecule has 1 saturated carbocycles. The normalized spacial score (nSPS) is 24.5. The van der Waals surface area contributed by atoms with Crippen molar-refractivity contribution in [2.24, 2.45) is 0 Å². The Morgan fingerprint density at radius 2 is 1.76 bits per heavy atom. The van der Waals surface area contributed by atoms with Crippen LogP contribution in [0.15, 0.2) is 18.3 Å². The number of anilines is 1. The van der Waals surface area contributed by atoms with E-state index in [9.17, 15) is 0 Å². The third-order valence-electron chi connectivity index (χ3n) is 5.03. The summed E-state index contributed by atoms with van der Waals surface area (Å²) in [6.07, 6.45) is 6.89. The quantitative estimate of drug-likeness (QED) is 0.869. The molecule has 0 spiro atoms. The fourth-order valence-corrected chi connectivity index (χ4v) is 2.97. The molecular weight excluding hydrogens is 263 g/mol. The van der Waals surface area contributed by atoms with Gasteiger partial charge in [0.25, 0.3) is 0 Å². The van der Waals surface area contributed by atoms with Crippen molar-refractivity contribution in [2.45, 2.75) is 70.6 Å². The Balaban J connectivity index is 1.82. The van der Waals surface area contributed by atoms with Crippen LogP contribution in [-0.4, -0.2) is 29.3 Å². The van der Waals surface area contributed by atoms with Crippen LogP contribution in [0.5, 0.6) is 0 Å². The first kappa shape index (κ1) is 14.9. The lowest BCUT2D eigenvalue weighted by atomic mass is 9.82. The van der Waals surface area contributed by atoms with E-state index in [1.54, 1.807) is 6.20 Å². The zero-order valence-electron chi connectivity index (χ0n) is 13.5. The fraction of sp³-hybridized carbons (Fsp3) is 0.688. The van der Waals surface area contributed by atoms with E-state index in [1.165, 1.54) is 25.7 Å². The molecule has 0 unspecified atom stereocenters. The predicted octanol–water partition coefficient (Wildman–Crippen LogP) is 2.74. The second-order valence-corrected chi connectivity index (χ2v) is 7.15. The minimum atomic E-state index is -0.403. The molecule has 3 rings (SSSR count). The molecule has 2 heterocycles. The summed E-state index contributed by atoms with van der Waals surface area (Å²) < 4.78 is 12.3. The van der Waals surface area contributed by atoms with Crippen molar-refractivity contribution in [3.63, 3.8) is 0 Å². The van der Waals surface area contributed by atoms with Crippen molar-refractivity contribution < 1.29 is 9.31 Å². The third-order valence-corrected chi connectivity index (χ3v) is 5.03. The number of rotatable bonds is 3. The lowest BCUT2D eigenvalue weighted by molar-refractivity contribution is 0.00578. The molecule has 0 aromatic carbocycles. The lowest BCUT2D eigenvalue weighted by Gasteiger charge is -2.32. The average molecular weight is 288 g/mol. The van der Waals surface area contributed by atoms with Gasteiger partial charge in [0.1, 0.15) is 0 Å². The van der Waals surface area contributed by atoms with Crippen LogP contribution in [0.4, 0.5) is 5.69 Å². The summed E-state index contributed by atoms with van der Waals surface area (Å²) >= 11 is 0. The van der Waals surface area contributed by atoms with Crippen molar-refractivity contribution >= 4 is 18.4 Å². The van der Waals surface area contributed by atoms with Crippen LogP contribution in [0.1, 0.15) is 53.4 Å². The SMILES string of the molecule is CC1(C)OB(c2ncccc2NC2CCCC2)OC1(C)C. The molecule has 0 radical (unpaired) electrons. The largest absolute Gasteiger partial charge is 0.516 e. The number of hydrogen-bond donors (Lipinski definition) is 1. The van der Waals surface area contributed by atoms with E-state index in [0.717, 1.165) is 11.3 Å². The van der Waals surface area contributed by atoms with Gasteiger partial charge in [-0.1, -0.05) is 12.8 Å². The Bertz CT molecular complexity index is 497. The predicted molar refractivity (Wildman–Crippen MR) is 85.8 cm³/mol. The van der Waals surface area contributed by atoms with Crippen molar-refractivity contribution in [2.75, 3.05) is 5.32 Å². The molecule has 1 aromatic heterocycles. The highest BCUT2D eigenvalue weighted by atomic mass is 16.7. The number of hydrogen-bond acceptors (Lipinski definition) is 4.